The summed E-state index contributed by atoms with van der Waals surface area (Å²) in [5.74, 6) is -5.89. The lowest BCUT2D eigenvalue weighted by atomic mass is 10.1. The second-order valence-electron chi connectivity index (χ2n) is 3.59. The van der Waals surface area contributed by atoms with Crippen molar-refractivity contribution in [1.29, 1.82) is 0 Å². The lowest BCUT2D eigenvalue weighted by Gasteiger charge is -2.14. The zero-order valence-electron chi connectivity index (χ0n) is 8.41. The summed E-state index contributed by atoms with van der Waals surface area (Å²) in [4.78, 5) is 22.9. The number of carbonyl (C=O) groups excluding carboxylic acids is 2. The van der Waals surface area contributed by atoms with Gasteiger partial charge in [-0.1, -0.05) is 15.9 Å². The average molecular weight is 305 g/mol. The van der Waals surface area contributed by atoms with Crippen molar-refractivity contribution in [2.45, 2.75) is 5.92 Å². The van der Waals surface area contributed by atoms with Gasteiger partial charge in [0.1, 0.15) is 6.54 Å². The zero-order chi connectivity index (χ0) is 12.8. The first-order valence-corrected chi connectivity index (χ1v) is 5.41. The lowest BCUT2D eigenvalue weighted by Crippen LogP contribution is -2.40. The van der Waals surface area contributed by atoms with Gasteiger partial charge in [-0.15, -0.1) is 0 Å². The number of nitrogens with two attached hydrogens (primary N) is 1. The monoisotopic (exact) mass is 304 g/mol. The Labute approximate surface area is 104 Å². The number of alkyl halides is 2. The summed E-state index contributed by atoms with van der Waals surface area (Å²) < 4.78 is 27.7. The van der Waals surface area contributed by atoms with Crippen molar-refractivity contribution in [3.05, 3.63) is 28.2 Å². The minimum atomic E-state index is -3.62. The van der Waals surface area contributed by atoms with Crippen LogP contribution in [0.4, 0.5) is 14.5 Å². The van der Waals surface area contributed by atoms with E-state index in [0.717, 1.165) is 6.07 Å². The molecule has 0 aromatic heterocycles. The summed E-state index contributed by atoms with van der Waals surface area (Å²) in [5, 5.41) is 0. The Balaban J connectivity index is 2.55. The van der Waals surface area contributed by atoms with Crippen molar-refractivity contribution in [3.8, 4) is 0 Å². The molecule has 90 valence electrons. The van der Waals surface area contributed by atoms with E-state index in [1.165, 1.54) is 12.1 Å². The molecule has 2 rings (SSSR count). The van der Waals surface area contributed by atoms with Crippen molar-refractivity contribution in [3.63, 3.8) is 0 Å². The normalized spacial score (nSPS) is 17.1. The largest absolute Gasteiger partial charge is 0.368 e. The lowest BCUT2D eigenvalue weighted by molar-refractivity contribution is -0.142. The van der Waals surface area contributed by atoms with Crippen LogP contribution < -0.4 is 10.6 Å². The molecule has 0 aliphatic carbocycles. The molecule has 7 heteroatoms. The highest BCUT2D eigenvalue weighted by molar-refractivity contribution is 9.10. The van der Waals surface area contributed by atoms with E-state index in [0.29, 0.717) is 9.37 Å². The summed E-state index contributed by atoms with van der Waals surface area (Å²) in [6.45, 7) is -0.553. The number of anilines is 1. The first-order chi connectivity index (χ1) is 7.84. The predicted molar refractivity (Wildman–Crippen MR) is 59.6 cm³/mol. The molecule has 2 N–H and O–H groups in total. The third kappa shape index (κ3) is 1.80. The number of hydrogen-bond acceptors (Lipinski definition) is 2. The maximum Gasteiger partial charge on any atom is 0.352 e. The Morgan fingerprint density at radius 3 is 2.71 bits per heavy atom. The van der Waals surface area contributed by atoms with Gasteiger partial charge in [0.15, 0.2) is 0 Å². The minimum Gasteiger partial charge on any atom is -0.368 e. The fourth-order valence-electron chi connectivity index (χ4n) is 1.70. The standard InChI is InChI=1S/C10H7BrF2N2O2/c11-5-1-2-7-6(3-5)10(12,13)9(17)15(7)4-8(14)16/h1-3H,4H2,(H2,14,16). The summed E-state index contributed by atoms with van der Waals surface area (Å²) in [6.07, 6.45) is 0. The topological polar surface area (TPSA) is 63.4 Å². The van der Waals surface area contributed by atoms with Crippen LogP contribution in [0.5, 0.6) is 0 Å². The van der Waals surface area contributed by atoms with Crippen LogP contribution in [0.2, 0.25) is 0 Å². The van der Waals surface area contributed by atoms with E-state index in [2.05, 4.69) is 15.9 Å². The molecule has 1 aromatic carbocycles. The number of fused-ring (bicyclic) bond motifs is 1. The fourth-order valence-corrected chi connectivity index (χ4v) is 2.06. The van der Waals surface area contributed by atoms with Crippen LogP contribution in [0.15, 0.2) is 22.7 Å². The summed E-state index contributed by atoms with van der Waals surface area (Å²) in [7, 11) is 0. The zero-order valence-corrected chi connectivity index (χ0v) is 10.0. The highest BCUT2D eigenvalue weighted by atomic mass is 79.9. The molecule has 17 heavy (non-hydrogen) atoms. The van der Waals surface area contributed by atoms with Gasteiger partial charge in [-0.25, -0.2) is 0 Å². The van der Waals surface area contributed by atoms with Crippen LogP contribution in [-0.2, 0) is 15.5 Å². The quantitative estimate of drug-likeness (QED) is 0.897. The van der Waals surface area contributed by atoms with E-state index < -0.39 is 29.8 Å². The second-order valence-corrected chi connectivity index (χ2v) is 4.51. The van der Waals surface area contributed by atoms with Gasteiger partial charge in [0.05, 0.1) is 11.3 Å². The number of amides is 2. The van der Waals surface area contributed by atoms with Gasteiger partial charge in [-0.3, -0.25) is 14.5 Å². The van der Waals surface area contributed by atoms with E-state index >= 15 is 0 Å². The number of rotatable bonds is 2. The van der Waals surface area contributed by atoms with Crippen molar-refractivity contribution in [1.82, 2.24) is 0 Å². The highest BCUT2D eigenvalue weighted by Crippen LogP contribution is 2.44. The fraction of sp³-hybridized carbons (Fsp3) is 0.200. The molecule has 4 nitrogen and oxygen atoms in total. The van der Waals surface area contributed by atoms with Crippen molar-refractivity contribution in [2.75, 3.05) is 11.4 Å². The van der Waals surface area contributed by atoms with Gasteiger partial charge < -0.3 is 5.73 Å². The molecule has 0 bridgehead atoms. The van der Waals surface area contributed by atoms with Gasteiger partial charge in [0.2, 0.25) is 5.91 Å². The van der Waals surface area contributed by atoms with Gasteiger partial charge >= 0.3 is 11.8 Å². The highest BCUT2D eigenvalue weighted by Gasteiger charge is 2.53. The van der Waals surface area contributed by atoms with Crippen LogP contribution in [-0.4, -0.2) is 18.4 Å². The molecule has 0 fully saturated rings. The molecule has 1 heterocycles. The minimum absolute atomic E-state index is 0.0157. The molecule has 2 amide bonds. The third-order valence-electron chi connectivity index (χ3n) is 2.42. The van der Waals surface area contributed by atoms with Crippen molar-refractivity contribution >= 4 is 33.4 Å². The molecule has 0 spiro atoms. The van der Waals surface area contributed by atoms with E-state index in [9.17, 15) is 18.4 Å². The maximum absolute atomic E-state index is 13.6. The molecule has 0 saturated carbocycles. The number of halogens is 3. The van der Waals surface area contributed by atoms with Gasteiger partial charge in [0, 0.05) is 4.47 Å². The summed E-state index contributed by atoms with van der Waals surface area (Å²) in [5.41, 5.74) is 4.52. The number of hydrogen-bond donors (Lipinski definition) is 1. The summed E-state index contributed by atoms with van der Waals surface area (Å²) >= 11 is 3.05. The smallest absolute Gasteiger partial charge is 0.352 e. The molecule has 1 aliphatic rings. The Bertz CT molecular complexity index is 519. The Morgan fingerprint density at radius 1 is 1.47 bits per heavy atom. The third-order valence-corrected chi connectivity index (χ3v) is 2.91. The molecule has 0 saturated heterocycles. The Hall–Kier alpha value is -1.50. The number of benzene rings is 1. The first kappa shape index (κ1) is 12.0. The SMILES string of the molecule is NC(=O)CN1C(=O)C(F)(F)c2cc(Br)ccc21. The van der Waals surface area contributed by atoms with Gasteiger partial charge in [-0.05, 0) is 18.2 Å². The van der Waals surface area contributed by atoms with Crippen LogP contribution in [0.1, 0.15) is 5.56 Å². The van der Waals surface area contributed by atoms with E-state index in [1.807, 2.05) is 0 Å². The average Bonchev–Trinajstić information content (AvgIpc) is 2.40. The van der Waals surface area contributed by atoms with E-state index in [4.69, 9.17) is 5.73 Å². The number of carbonyl (C=O) groups is 2. The number of primary amides is 1. The predicted octanol–water partition coefficient (Wildman–Crippen LogP) is 1.37. The second kappa shape index (κ2) is 3.76. The van der Waals surface area contributed by atoms with E-state index in [1.54, 1.807) is 0 Å². The van der Waals surface area contributed by atoms with Crippen LogP contribution in [0.3, 0.4) is 0 Å². The summed E-state index contributed by atoms with van der Waals surface area (Å²) in [6, 6.07) is 4.02. The molecule has 0 unspecified atom stereocenters. The van der Waals surface area contributed by atoms with Crippen molar-refractivity contribution in [2.24, 2.45) is 5.73 Å². The van der Waals surface area contributed by atoms with Gasteiger partial charge in [-0.2, -0.15) is 8.78 Å². The molecule has 1 aliphatic heterocycles. The molecule has 1 aromatic rings. The van der Waals surface area contributed by atoms with Crippen LogP contribution >= 0.6 is 15.9 Å². The van der Waals surface area contributed by atoms with Crippen molar-refractivity contribution < 1.29 is 18.4 Å². The van der Waals surface area contributed by atoms with E-state index in [-0.39, 0.29) is 5.69 Å². The van der Waals surface area contributed by atoms with Crippen LogP contribution in [0.25, 0.3) is 0 Å². The Kier molecular flexibility index (Phi) is 2.65. The molecule has 0 radical (unpaired) electrons. The van der Waals surface area contributed by atoms with Crippen LogP contribution in [0, 0.1) is 0 Å². The Morgan fingerprint density at radius 2 is 2.12 bits per heavy atom. The molecular weight excluding hydrogens is 298 g/mol. The first-order valence-electron chi connectivity index (χ1n) is 4.62. The number of nitrogens with zero attached hydrogens (tertiary/aromatic N) is 1. The molecule has 0 atom stereocenters. The molecular formula is C10H7BrF2N2O2. The maximum atomic E-state index is 13.6. The van der Waals surface area contributed by atoms with Gasteiger partial charge in [0.25, 0.3) is 0 Å².